The number of rotatable bonds is 5. The topological polar surface area (TPSA) is 61.6 Å². The Morgan fingerprint density at radius 3 is 2.30 bits per heavy atom. The van der Waals surface area contributed by atoms with Crippen LogP contribution >= 0.6 is 24.8 Å². The molecule has 27 heavy (non-hydrogen) atoms. The molecule has 3 rings (SSSR count). The zero-order valence-corrected chi connectivity index (χ0v) is 17.2. The largest absolute Gasteiger partial charge is 0.399 e. The van der Waals surface area contributed by atoms with Crippen molar-refractivity contribution in [2.75, 3.05) is 43.8 Å². The molecule has 3 N–H and O–H groups in total. The Hall–Kier alpha value is -1.79. The van der Waals surface area contributed by atoms with Crippen molar-refractivity contribution < 1.29 is 4.79 Å². The highest BCUT2D eigenvalue weighted by Crippen LogP contribution is 2.18. The first-order valence-corrected chi connectivity index (χ1v) is 8.75. The van der Waals surface area contributed by atoms with Gasteiger partial charge in [0.2, 0.25) is 5.91 Å². The van der Waals surface area contributed by atoms with E-state index in [9.17, 15) is 4.79 Å². The van der Waals surface area contributed by atoms with E-state index in [-0.39, 0.29) is 30.7 Å². The molecule has 1 aliphatic rings. The Morgan fingerprint density at radius 1 is 1.00 bits per heavy atom. The second kappa shape index (κ2) is 11.1. The van der Waals surface area contributed by atoms with Gasteiger partial charge in [-0.15, -0.1) is 24.8 Å². The first-order chi connectivity index (χ1) is 12.1. The maximum absolute atomic E-state index is 12.3. The standard InChI is InChI=1S/C20H26N4O.2ClH/c1-16-7-8-18(21)13-19(16)22-20(25)15-24-11-9-23(10-12-24)14-17-5-3-2-4-6-17;;/h2-8,13H,9-12,14-15,21H2,1H3,(H,22,25);2*1H. The minimum absolute atomic E-state index is 0. The van der Waals surface area contributed by atoms with Gasteiger partial charge in [0.15, 0.2) is 0 Å². The summed E-state index contributed by atoms with van der Waals surface area (Å²) in [7, 11) is 0. The third kappa shape index (κ3) is 7.03. The van der Waals surface area contributed by atoms with Crippen LogP contribution in [0.5, 0.6) is 0 Å². The van der Waals surface area contributed by atoms with Gasteiger partial charge in [0.25, 0.3) is 0 Å². The van der Waals surface area contributed by atoms with Crippen molar-refractivity contribution in [3.63, 3.8) is 0 Å². The first-order valence-electron chi connectivity index (χ1n) is 8.75. The lowest BCUT2D eigenvalue weighted by Gasteiger charge is -2.34. The number of anilines is 2. The van der Waals surface area contributed by atoms with Gasteiger partial charge in [0.1, 0.15) is 0 Å². The molecule has 0 saturated carbocycles. The van der Waals surface area contributed by atoms with Gasteiger partial charge in [-0.2, -0.15) is 0 Å². The highest BCUT2D eigenvalue weighted by molar-refractivity contribution is 5.93. The number of carbonyl (C=O) groups is 1. The Morgan fingerprint density at radius 2 is 1.63 bits per heavy atom. The second-order valence-corrected chi connectivity index (χ2v) is 6.66. The number of hydrogen-bond acceptors (Lipinski definition) is 4. The zero-order chi connectivity index (χ0) is 17.6. The molecule has 7 heteroatoms. The molecule has 0 aromatic heterocycles. The third-order valence-electron chi connectivity index (χ3n) is 4.62. The van der Waals surface area contributed by atoms with Crippen LogP contribution in [0.15, 0.2) is 48.5 Å². The van der Waals surface area contributed by atoms with Gasteiger partial charge in [0, 0.05) is 44.1 Å². The predicted octanol–water partition coefficient (Wildman–Crippen LogP) is 3.18. The average Bonchev–Trinajstić information content (AvgIpc) is 2.61. The Bertz CT molecular complexity index is 719. The number of nitrogen functional groups attached to an aromatic ring is 1. The number of nitrogens with zero attached hydrogens (tertiary/aromatic N) is 2. The van der Waals surface area contributed by atoms with Crippen LogP contribution in [0.2, 0.25) is 0 Å². The van der Waals surface area contributed by atoms with E-state index in [1.807, 2.05) is 31.2 Å². The van der Waals surface area contributed by atoms with Gasteiger partial charge < -0.3 is 11.1 Å². The van der Waals surface area contributed by atoms with Gasteiger partial charge in [-0.05, 0) is 30.2 Å². The molecule has 1 saturated heterocycles. The number of halogens is 2. The van der Waals surface area contributed by atoms with Crippen molar-refractivity contribution in [1.82, 2.24) is 9.80 Å². The smallest absolute Gasteiger partial charge is 0.238 e. The van der Waals surface area contributed by atoms with Crippen LogP contribution in [0.3, 0.4) is 0 Å². The summed E-state index contributed by atoms with van der Waals surface area (Å²) in [5.41, 5.74) is 9.62. The van der Waals surface area contributed by atoms with Crippen LogP contribution in [-0.2, 0) is 11.3 Å². The predicted molar refractivity (Wildman–Crippen MR) is 117 cm³/mol. The lowest BCUT2D eigenvalue weighted by Crippen LogP contribution is -2.48. The average molecular weight is 411 g/mol. The van der Waals surface area contributed by atoms with Gasteiger partial charge >= 0.3 is 0 Å². The summed E-state index contributed by atoms with van der Waals surface area (Å²) >= 11 is 0. The third-order valence-corrected chi connectivity index (χ3v) is 4.62. The minimum Gasteiger partial charge on any atom is -0.399 e. The van der Waals surface area contributed by atoms with E-state index in [1.54, 1.807) is 0 Å². The number of nitrogens with two attached hydrogens (primary N) is 1. The van der Waals surface area contributed by atoms with Crippen molar-refractivity contribution in [3.8, 4) is 0 Å². The van der Waals surface area contributed by atoms with Crippen molar-refractivity contribution in [2.45, 2.75) is 13.5 Å². The number of benzene rings is 2. The van der Waals surface area contributed by atoms with Crippen LogP contribution in [0.25, 0.3) is 0 Å². The number of piperazine rings is 1. The van der Waals surface area contributed by atoms with Crippen molar-refractivity contribution in [3.05, 3.63) is 59.7 Å². The molecular weight excluding hydrogens is 383 g/mol. The molecule has 0 spiro atoms. The van der Waals surface area contributed by atoms with Crippen molar-refractivity contribution in [2.24, 2.45) is 0 Å². The van der Waals surface area contributed by atoms with Crippen molar-refractivity contribution in [1.29, 1.82) is 0 Å². The number of carbonyl (C=O) groups excluding carboxylic acids is 1. The van der Waals surface area contributed by atoms with E-state index in [0.717, 1.165) is 44.0 Å². The van der Waals surface area contributed by atoms with E-state index in [1.165, 1.54) is 5.56 Å². The molecule has 148 valence electrons. The van der Waals surface area contributed by atoms with E-state index in [0.29, 0.717) is 12.2 Å². The number of aryl methyl sites for hydroxylation is 1. The van der Waals surface area contributed by atoms with E-state index >= 15 is 0 Å². The molecule has 1 heterocycles. The molecule has 0 aliphatic carbocycles. The van der Waals surface area contributed by atoms with Crippen LogP contribution in [0, 0.1) is 6.92 Å². The van der Waals surface area contributed by atoms with Crippen molar-refractivity contribution >= 4 is 42.1 Å². The van der Waals surface area contributed by atoms with Gasteiger partial charge in [-0.1, -0.05) is 36.4 Å². The van der Waals surface area contributed by atoms with Gasteiger partial charge in [-0.25, -0.2) is 0 Å². The lowest BCUT2D eigenvalue weighted by molar-refractivity contribution is -0.117. The van der Waals surface area contributed by atoms with E-state index in [4.69, 9.17) is 5.73 Å². The highest BCUT2D eigenvalue weighted by Gasteiger charge is 2.19. The molecule has 5 nitrogen and oxygen atoms in total. The van der Waals surface area contributed by atoms with Crippen LogP contribution in [-0.4, -0.2) is 48.4 Å². The molecule has 1 amide bonds. The number of nitrogens with one attached hydrogen (secondary N) is 1. The number of amides is 1. The van der Waals surface area contributed by atoms with Crippen LogP contribution in [0.1, 0.15) is 11.1 Å². The van der Waals surface area contributed by atoms with E-state index in [2.05, 4.69) is 39.4 Å². The summed E-state index contributed by atoms with van der Waals surface area (Å²) in [5, 5.41) is 2.98. The summed E-state index contributed by atoms with van der Waals surface area (Å²) in [4.78, 5) is 17.0. The Labute approximate surface area is 173 Å². The fourth-order valence-corrected chi connectivity index (χ4v) is 3.11. The SMILES string of the molecule is Cc1ccc(N)cc1NC(=O)CN1CCN(Cc2ccccc2)CC1.Cl.Cl. The maximum Gasteiger partial charge on any atom is 0.238 e. The summed E-state index contributed by atoms with van der Waals surface area (Å²) in [6.45, 7) is 7.17. The molecular formula is C20H28Cl2N4O. The number of hydrogen-bond donors (Lipinski definition) is 2. The summed E-state index contributed by atoms with van der Waals surface area (Å²) in [5.74, 6) is 0.0187. The van der Waals surface area contributed by atoms with Crippen LogP contribution in [0.4, 0.5) is 11.4 Å². The molecule has 2 aromatic rings. The quantitative estimate of drug-likeness (QED) is 0.742. The fraction of sp³-hybridized carbons (Fsp3) is 0.350. The van der Waals surface area contributed by atoms with Crippen LogP contribution < -0.4 is 11.1 Å². The zero-order valence-electron chi connectivity index (χ0n) is 15.6. The van der Waals surface area contributed by atoms with Gasteiger partial charge in [0.05, 0.1) is 6.54 Å². The van der Waals surface area contributed by atoms with E-state index < -0.39 is 0 Å². The molecule has 0 bridgehead atoms. The second-order valence-electron chi connectivity index (χ2n) is 6.66. The highest BCUT2D eigenvalue weighted by atomic mass is 35.5. The summed E-state index contributed by atoms with van der Waals surface area (Å²) in [6.07, 6.45) is 0. The first kappa shape index (κ1) is 23.2. The molecule has 1 aliphatic heterocycles. The lowest BCUT2D eigenvalue weighted by atomic mass is 10.2. The van der Waals surface area contributed by atoms with Gasteiger partial charge in [-0.3, -0.25) is 14.6 Å². The normalized spacial score (nSPS) is 14.7. The molecule has 0 radical (unpaired) electrons. The fourth-order valence-electron chi connectivity index (χ4n) is 3.11. The molecule has 2 aromatic carbocycles. The summed E-state index contributed by atoms with van der Waals surface area (Å²) in [6, 6.07) is 16.1. The molecule has 0 unspecified atom stereocenters. The molecule has 1 fully saturated rings. The monoisotopic (exact) mass is 410 g/mol. The maximum atomic E-state index is 12.3. The molecule has 0 atom stereocenters. The summed E-state index contributed by atoms with van der Waals surface area (Å²) < 4.78 is 0. The Kier molecular flexibility index (Phi) is 9.60. The minimum atomic E-state index is 0. The Balaban J connectivity index is 0.00000182.